The number of hydrogen-bond donors (Lipinski definition) is 1. The lowest BCUT2D eigenvalue weighted by Crippen LogP contribution is -2.40. The molecule has 1 saturated carbocycles. The van der Waals surface area contributed by atoms with Gasteiger partial charge in [-0.25, -0.2) is 0 Å². The van der Waals surface area contributed by atoms with Crippen LogP contribution in [0.15, 0.2) is 24.3 Å². The summed E-state index contributed by atoms with van der Waals surface area (Å²) < 4.78 is 6.05. The van der Waals surface area contributed by atoms with Crippen LogP contribution in [0.5, 0.6) is 5.75 Å². The number of benzene rings is 1. The van der Waals surface area contributed by atoms with Crippen LogP contribution >= 0.6 is 0 Å². The smallest absolute Gasteiger partial charge is 0.125 e. The van der Waals surface area contributed by atoms with Crippen molar-refractivity contribution < 1.29 is 9.84 Å². The predicted molar refractivity (Wildman–Crippen MR) is 57.8 cm³/mol. The summed E-state index contributed by atoms with van der Waals surface area (Å²) in [6.45, 7) is 2.13. The summed E-state index contributed by atoms with van der Waals surface area (Å²) in [6, 6.07) is 7.82. The lowest BCUT2D eigenvalue weighted by Gasteiger charge is -2.38. The highest BCUT2D eigenvalue weighted by molar-refractivity contribution is 5.38. The molecule has 2 heteroatoms. The Kier molecular flexibility index (Phi) is 1.84. The van der Waals surface area contributed by atoms with Gasteiger partial charge in [0, 0.05) is 12.0 Å². The van der Waals surface area contributed by atoms with Gasteiger partial charge in [-0.1, -0.05) is 18.2 Å². The molecule has 0 saturated heterocycles. The molecule has 0 amide bonds. The number of hydrogen-bond acceptors (Lipinski definition) is 2. The summed E-state index contributed by atoms with van der Waals surface area (Å²) in [7, 11) is 0. The van der Waals surface area contributed by atoms with Gasteiger partial charge in [0.2, 0.25) is 0 Å². The highest BCUT2D eigenvalue weighted by Crippen LogP contribution is 2.50. The van der Waals surface area contributed by atoms with Gasteiger partial charge >= 0.3 is 0 Å². The molecule has 0 aromatic heterocycles. The molecule has 80 valence electrons. The molecule has 0 radical (unpaired) electrons. The quantitative estimate of drug-likeness (QED) is 0.762. The van der Waals surface area contributed by atoms with Crippen molar-refractivity contribution in [3.63, 3.8) is 0 Å². The number of para-hydroxylation sites is 1. The first-order valence-electron chi connectivity index (χ1n) is 5.65. The van der Waals surface area contributed by atoms with E-state index in [0.717, 1.165) is 17.7 Å². The molecule has 0 spiro atoms. The first-order chi connectivity index (χ1) is 7.19. The molecular formula is C13H16O2. The zero-order valence-electron chi connectivity index (χ0n) is 8.94. The number of rotatable bonds is 1. The van der Waals surface area contributed by atoms with E-state index in [2.05, 4.69) is 6.92 Å². The summed E-state index contributed by atoms with van der Waals surface area (Å²) in [6.07, 6.45) is 2.85. The van der Waals surface area contributed by atoms with Crippen molar-refractivity contribution in [2.24, 2.45) is 5.92 Å². The molecule has 2 atom stereocenters. The van der Waals surface area contributed by atoms with Crippen LogP contribution < -0.4 is 4.74 Å². The number of aliphatic hydroxyl groups excluding tert-OH is 1. The van der Waals surface area contributed by atoms with Gasteiger partial charge in [0.25, 0.3) is 0 Å². The summed E-state index contributed by atoms with van der Waals surface area (Å²) in [5.41, 5.74) is 0.795. The molecule has 1 aliphatic carbocycles. The van der Waals surface area contributed by atoms with Crippen LogP contribution in [-0.4, -0.2) is 10.7 Å². The first kappa shape index (κ1) is 9.22. The van der Waals surface area contributed by atoms with Gasteiger partial charge in [-0.3, -0.25) is 0 Å². The lowest BCUT2D eigenvalue weighted by molar-refractivity contribution is -0.0166. The third-order valence-corrected chi connectivity index (χ3v) is 3.66. The second-order valence-corrected chi connectivity index (χ2v) is 4.95. The third kappa shape index (κ3) is 1.44. The Morgan fingerprint density at radius 3 is 2.80 bits per heavy atom. The van der Waals surface area contributed by atoms with E-state index in [1.807, 2.05) is 24.3 Å². The standard InChI is InChI=1S/C13H16O2/c1-13(9-6-7-9)8-11(14)10-4-2-3-5-12(10)15-13/h2-5,9,11,14H,6-8H2,1H3/t11-,13?/m1/s1. The van der Waals surface area contributed by atoms with Crippen molar-refractivity contribution in [2.45, 2.75) is 37.9 Å². The highest BCUT2D eigenvalue weighted by atomic mass is 16.5. The Bertz CT molecular complexity index is 384. The van der Waals surface area contributed by atoms with E-state index in [9.17, 15) is 5.11 Å². The van der Waals surface area contributed by atoms with E-state index in [1.165, 1.54) is 12.8 Å². The molecule has 3 rings (SSSR count). The predicted octanol–water partition coefficient (Wildman–Crippen LogP) is 2.67. The summed E-state index contributed by atoms with van der Waals surface area (Å²) in [4.78, 5) is 0. The Morgan fingerprint density at radius 2 is 2.07 bits per heavy atom. The van der Waals surface area contributed by atoms with Crippen LogP contribution in [0.4, 0.5) is 0 Å². The molecule has 1 aliphatic heterocycles. The normalized spacial score (nSPS) is 34.4. The fourth-order valence-corrected chi connectivity index (χ4v) is 2.58. The minimum Gasteiger partial charge on any atom is -0.487 e. The average molecular weight is 204 g/mol. The van der Waals surface area contributed by atoms with Crippen LogP contribution in [0.2, 0.25) is 0 Å². The Morgan fingerprint density at radius 1 is 1.33 bits per heavy atom. The van der Waals surface area contributed by atoms with E-state index in [-0.39, 0.29) is 11.7 Å². The van der Waals surface area contributed by atoms with E-state index >= 15 is 0 Å². The minimum atomic E-state index is -0.361. The molecule has 1 fully saturated rings. The highest BCUT2D eigenvalue weighted by Gasteiger charge is 2.47. The van der Waals surface area contributed by atoms with Crippen molar-refractivity contribution in [1.82, 2.24) is 0 Å². The Hall–Kier alpha value is -1.02. The topological polar surface area (TPSA) is 29.5 Å². The third-order valence-electron chi connectivity index (χ3n) is 3.66. The van der Waals surface area contributed by atoms with Crippen LogP contribution in [-0.2, 0) is 0 Å². The van der Waals surface area contributed by atoms with Gasteiger partial charge in [0.05, 0.1) is 6.10 Å². The largest absolute Gasteiger partial charge is 0.487 e. The molecule has 1 unspecified atom stereocenters. The second kappa shape index (κ2) is 2.99. The van der Waals surface area contributed by atoms with E-state index in [0.29, 0.717) is 5.92 Å². The number of ether oxygens (including phenoxy) is 1. The van der Waals surface area contributed by atoms with Crippen LogP contribution in [0, 0.1) is 5.92 Å². The second-order valence-electron chi connectivity index (χ2n) is 4.95. The molecule has 1 aromatic carbocycles. The van der Waals surface area contributed by atoms with Crippen molar-refractivity contribution in [3.05, 3.63) is 29.8 Å². The summed E-state index contributed by atoms with van der Waals surface area (Å²) in [5.74, 6) is 1.51. The molecular weight excluding hydrogens is 188 g/mol. The molecule has 1 N–H and O–H groups in total. The molecule has 2 aliphatic rings. The van der Waals surface area contributed by atoms with Crippen molar-refractivity contribution >= 4 is 0 Å². The van der Waals surface area contributed by atoms with Crippen molar-refractivity contribution in [1.29, 1.82) is 0 Å². The van der Waals surface area contributed by atoms with E-state index < -0.39 is 0 Å². The number of fused-ring (bicyclic) bond motifs is 1. The maximum Gasteiger partial charge on any atom is 0.125 e. The maximum absolute atomic E-state index is 10.1. The fraction of sp³-hybridized carbons (Fsp3) is 0.538. The van der Waals surface area contributed by atoms with Crippen LogP contribution in [0.25, 0.3) is 0 Å². The maximum atomic E-state index is 10.1. The monoisotopic (exact) mass is 204 g/mol. The minimum absolute atomic E-state index is 0.145. The van der Waals surface area contributed by atoms with Gasteiger partial charge in [0.15, 0.2) is 0 Å². The summed E-state index contributed by atoms with van der Waals surface area (Å²) in [5, 5.41) is 10.1. The molecule has 1 heterocycles. The zero-order chi connectivity index (χ0) is 10.5. The molecule has 1 aromatic rings. The van der Waals surface area contributed by atoms with Gasteiger partial charge in [-0.15, -0.1) is 0 Å². The van der Waals surface area contributed by atoms with Gasteiger partial charge in [-0.2, -0.15) is 0 Å². The number of aliphatic hydroxyl groups is 1. The molecule has 2 nitrogen and oxygen atoms in total. The Balaban J connectivity index is 1.98. The summed E-state index contributed by atoms with van der Waals surface area (Å²) >= 11 is 0. The van der Waals surface area contributed by atoms with Crippen molar-refractivity contribution in [2.75, 3.05) is 0 Å². The lowest BCUT2D eigenvalue weighted by atomic mass is 9.87. The average Bonchev–Trinajstić information content (AvgIpc) is 3.00. The molecule has 15 heavy (non-hydrogen) atoms. The molecule has 0 bridgehead atoms. The van der Waals surface area contributed by atoms with Gasteiger partial charge in [-0.05, 0) is 31.7 Å². The Labute approximate surface area is 89.9 Å². The van der Waals surface area contributed by atoms with E-state index in [1.54, 1.807) is 0 Å². The van der Waals surface area contributed by atoms with Gasteiger partial charge < -0.3 is 9.84 Å². The SMILES string of the molecule is CC1(C2CC2)C[C@@H](O)c2ccccc2O1. The van der Waals surface area contributed by atoms with E-state index in [4.69, 9.17) is 4.74 Å². The fourth-order valence-electron chi connectivity index (χ4n) is 2.58. The first-order valence-corrected chi connectivity index (χ1v) is 5.65. The van der Waals surface area contributed by atoms with Crippen LogP contribution in [0.1, 0.15) is 37.9 Å². The zero-order valence-corrected chi connectivity index (χ0v) is 8.94. The van der Waals surface area contributed by atoms with Gasteiger partial charge in [0.1, 0.15) is 11.4 Å². The van der Waals surface area contributed by atoms with Crippen LogP contribution in [0.3, 0.4) is 0 Å². The van der Waals surface area contributed by atoms with Crippen molar-refractivity contribution in [3.8, 4) is 5.75 Å².